The second kappa shape index (κ2) is 6.38. The van der Waals surface area contributed by atoms with Gasteiger partial charge in [0, 0.05) is 18.7 Å². The number of quaternary nitrogens is 1. The molecule has 0 aromatic heterocycles. The van der Waals surface area contributed by atoms with Gasteiger partial charge in [0.25, 0.3) is 0 Å². The quantitative estimate of drug-likeness (QED) is 0.722. The normalized spacial score (nSPS) is 20.5. The summed E-state index contributed by atoms with van der Waals surface area (Å²) in [6.45, 7) is 4.54. The number of carbonyl (C=O) groups excluding carboxylic acids is 1. The van der Waals surface area contributed by atoms with Crippen molar-refractivity contribution >= 4 is 17.7 Å². The fraction of sp³-hybridized carbons (Fsp3) is 0.400. The topological polar surface area (TPSA) is 47.8 Å². The number of carboxylic acids is 1. The van der Waals surface area contributed by atoms with Crippen LogP contribution in [0.4, 0.5) is 5.69 Å². The number of anilines is 1. The van der Waals surface area contributed by atoms with Crippen LogP contribution in [0.5, 0.6) is 0 Å². The van der Waals surface area contributed by atoms with Gasteiger partial charge >= 0.3 is 0 Å². The van der Waals surface area contributed by atoms with Crippen molar-refractivity contribution in [2.75, 3.05) is 38.1 Å². The maximum absolute atomic E-state index is 10.3. The highest BCUT2D eigenvalue weighted by molar-refractivity contribution is 5.83. The molecule has 1 heterocycles. The van der Waals surface area contributed by atoms with Gasteiger partial charge in [0.2, 0.25) is 0 Å². The molecule has 1 unspecified atom stereocenters. The summed E-state index contributed by atoms with van der Waals surface area (Å²) < 4.78 is 0. The number of benzene rings is 1. The molecule has 0 aliphatic carbocycles. The highest BCUT2D eigenvalue weighted by Gasteiger charge is 2.14. The van der Waals surface area contributed by atoms with Crippen LogP contribution in [0.3, 0.4) is 0 Å². The molecular weight excluding hydrogens is 240 g/mol. The van der Waals surface area contributed by atoms with Gasteiger partial charge in [0.1, 0.15) is 0 Å². The fourth-order valence-electron chi connectivity index (χ4n) is 2.35. The molecule has 1 aliphatic rings. The lowest BCUT2D eigenvalue weighted by atomic mass is 10.2. The molecule has 4 nitrogen and oxygen atoms in total. The molecule has 19 heavy (non-hydrogen) atoms. The predicted molar refractivity (Wildman–Crippen MR) is 73.9 cm³/mol. The number of likely N-dealkylation sites (N-methyl/N-ethyl adjacent to an activating group) is 1. The fourth-order valence-corrected chi connectivity index (χ4v) is 2.35. The molecule has 1 saturated heterocycles. The summed E-state index contributed by atoms with van der Waals surface area (Å²) in [5, 5.41) is 10.3. The van der Waals surface area contributed by atoms with E-state index in [1.165, 1.54) is 18.7 Å². The first-order valence-electron chi connectivity index (χ1n) is 6.70. The van der Waals surface area contributed by atoms with Crippen molar-refractivity contribution < 1.29 is 14.8 Å². The van der Waals surface area contributed by atoms with Crippen LogP contribution in [0.25, 0.3) is 6.08 Å². The number of nitrogens with zero attached hydrogens (tertiary/aromatic N) is 1. The average Bonchev–Trinajstić information content (AvgIpc) is 2.62. The Bertz CT molecular complexity index is 454. The molecule has 1 aromatic carbocycles. The van der Waals surface area contributed by atoms with E-state index in [2.05, 4.69) is 24.1 Å². The monoisotopic (exact) mass is 260 g/mol. The summed E-state index contributed by atoms with van der Waals surface area (Å²) in [7, 11) is 2.23. The Hall–Kier alpha value is -1.81. The summed E-state index contributed by atoms with van der Waals surface area (Å²) in [6, 6.07) is 7.98. The molecule has 0 bridgehead atoms. The first kappa shape index (κ1) is 13.6. The van der Waals surface area contributed by atoms with E-state index in [1.54, 1.807) is 11.0 Å². The van der Waals surface area contributed by atoms with Gasteiger partial charge in [-0.2, -0.15) is 0 Å². The number of carbonyl (C=O) groups is 1. The zero-order valence-corrected chi connectivity index (χ0v) is 11.3. The van der Waals surface area contributed by atoms with E-state index >= 15 is 0 Å². The number of carboxylic acid groups (broad SMARTS) is 1. The number of hydrogen-bond acceptors (Lipinski definition) is 3. The first-order chi connectivity index (χ1) is 9.15. The number of rotatable bonds is 3. The molecule has 0 amide bonds. The van der Waals surface area contributed by atoms with Crippen LogP contribution in [0.15, 0.2) is 30.3 Å². The summed E-state index contributed by atoms with van der Waals surface area (Å²) in [5.74, 6) is -1.16. The van der Waals surface area contributed by atoms with Crippen molar-refractivity contribution in [2.24, 2.45) is 0 Å². The van der Waals surface area contributed by atoms with E-state index < -0.39 is 5.97 Å². The van der Waals surface area contributed by atoms with Crippen molar-refractivity contribution in [3.8, 4) is 0 Å². The second-order valence-corrected chi connectivity index (χ2v) is 5.04. The zero-order valence-electron chi connectivity index (χ0n) is 11.3. The van der Waals surface area contributed by atoms with Crippen molar-refractivity contribution in [2.45, 2.75) is 6.42 Å². The molecule has 4 heteroatoms. The molecule has 1 aliphatic heterocycles. The number of nitrogens with one attached hydrogen (secondary N) is 1. The summed E-state index contributed by atoms with van der Waals surface area (Å²) in [5.41, 5.74) is 2.09. The van der Waals surface area contributed by atoms with Gasteiger partial charge in [-0.25, -0.2) is 0 Å². The predicted octanol–water partition coefficient (Wildman–Crippen LogP) is -0.825. The van der Waals surface area contributed by atoms with Crippen LogP contribution in [-0.4, -0.2) is 39.2 Å². The van der Waals surface area contributed by atoms with Gasteiger partial charge in [0.15, 0.2) is 0 Å². The van der Waals surface area contributed by atoms with E-state index in [0.717, 1.165) is 31.3 Å². The Morgan fingerprint density at radius 1 is 1.26 bits per heavy atom. The smallest absolute Gasteiger partial charge is 0.0947 e. The van der Waals surface area contributed by atoms with Crippen LogP contribution in [-0.2, 0) is 4.79 Å². The SMILES string of the molecule is C[NH+]1CCCN(c2ccc(/C=C/C(=O)[O-])cc2)CC1. The molecular formula is C15H20N2O2. The lowest BCUT2D eigenvalue weighted by molar-refractivity contribution is -0.876. The highest BCUT2D eigenvalue weighted by atomic mass is 16.4. The molecule has 0 radical (unpaired) electrons. The maximum Gasteiger partial charge on any atom is 0.0947 e. The standard InChI is InChI=1S/C15H20N2O2/c1-16-9-2-10-17(12-11-16)14-6-3-13(4-7-14)5-8-15(18)19/h3-8H,2,9-12H2,1H3,(H,18,19)/b8-5+. The number of hydrogen-bond donors (Lipinski definition) is 1. The molecule has 1 N–H and O–H groups in total. The van der Waals surface area contributed by atoms with Crippen molar-refractivity contribution in [3.63, 3.8) is 0 Å². The Morgan fingerprint density at radius 2 is 2.00 bits per heavy atom. The van der Waals surface area contributed by atoms with Gasteiger partial charge in [-0.05, 0) is 23.8 Å². The van der Waals surface area contributed by atoms with Crippen LogP contribution in [0.1, 0.15) is 12.0 Å². The van der Waals surface area contributed by atoms with Gasteiger partial charge in [-0.1, -0.05) is 18.2 Å². The van der Waals surface area contributed by atoms with Gasteiger partial charge in [-0.3, -0.25) is 0 Å². The summed E-state index contributed by atoms with van der Waals surface area (Å²) in [6.07, 6.45) is 3.82. The summed E-state index contributed by atoms with van der Waals surface area (Å²) >= 11 is 0. The van der Waals surface area contributed by atoms with E-state index in [-0.39, 0.29) is 0 Å². The van der Waals surface area contributed by atoms with Gasteiger partial charge in [0.05, 0.1) is 32.7 Å². The van der Waals surface area contributed by atoms with Gasteiger partial charge in [-0.15, -0.1) is 0 Å². The third-order valence-electron chi connectivity index (χ3n) is 3.51. The molecule has 102 valence electrons. The highest BCUT2D eigenvalue weighted by Crippen LogP contribution is 2.16. The lowest BCUT2D eigenvalue weighted by Crippen LogP contribution is -3.09. The van der Waals surface area contributed by atoms with Crippen LogP contribution < -0.4 is 14.9 Å². The Labute approximate surface area is 113 Å². The summed E-state index contributed by atoms with van der Waals surface area (Å²) in [4.78, 5) is 14.3. The third-order valence-corrected chi connectivity index (χ3v) is 3.51. The minimum atomic E-state index is -1.16. The van der Waals surface area contributed by atoms with Crippen molar-refractivity contribution in [3.05, 3.63) is 35.9 Å². The third kappa shape index (κ3) is 4.10. The molecule has 2 rings (SSSR count). The Kier molecular flexibility index (Phi) is 4.58. The minimum absolute atomic E-state index is 0.880. The Balaban J connectivity index is 2.03. The van der Waals surface area contributed by atoms with E-state index in [0.29, 0.717) is 0 Å². The molecule has 0 spiro atoms. The Morgan fingerprint density at radius 3 is 2.68 bits per heavy atom. The first-order valence-corrected chi connectivity index (χ1v) is 6.70. The van der Waals surface area contributed by atoms with Crippen LogP contribution in [0, 0.1) is 0 Å². The second-order valence-electron chi connectivity index (χ2n) is 5.04. The van der Waals surface area contributed by atoms with E-state index in [4.69, 9.17) is 0 Å². The van der Waals surface area contributed by atoms with Crippen LogP contribution >= 0.6 is 0 Å². The zero-order chi connectivity index (χ0) is 13.7. The minimum Gasteiger partial charge on any atom is -0.545 e. The van der Waals surface area contributed by atoms with E-state index in [9.17, 15) is 9.90 Å². The van der Waals surface area contributed by atoms with Gasteiger partial charge < -0.3 is 19.7 Å². The molecule has 1 aromatic rings. The largest absolute Gasteiger partial charge is 0.545 e. The van der Waals surface area contributed by atoms with Crippen molar-refractivity contribution in [1.29, 1.82) is 0 Å². The lowest BCUT2D eigenvalue weighted by Gasteiger charge is -2.21. The molecule has 1 fully saturated rings. The van der Waals surface area contributed by atoms with Crippen molar-refractivity contribution in [1.82, 2.24) is 0 Å². The number of aliphatic carboxylic acids is 1. The maximum atomic E-state index is 10.3. The molecule has 1 atom stereocenters. The average molecular weight is 260 g/mol. The van der Waals surface area contributed by atoms with E-state index in [1.807, 2.05) is 12.1 Å². The van der Waals surface area contributed by atoms with Crippen LogP contribution in [0.2, 0.25) is 0 Å². The molecule has 0 saturated carbocycles.